The summed E-state index contributed by atoms with van der Waals surface area (Å²) in [5.41, 5.74) is 6.68. The molecular weight excluding hydrogens is 538 g/mol. The predicted octanol–water partition coefficient (Wildman–Crippen LogP) is -0.876. The number of rotatable bonds is 10. The summed E-state index contributed by atoms with van der Waals surface area (Å²) in [6, 6.07) is 23.3. The number of aromatic carboxylic acids is 1. The van der Waals surface area contributed by atoms with Gasteiger partial charge in [0.25, 0.3) is 0 Å². The van der Waals surface area contributed by atoms with E-state index in [-0.39, 0.29) is 12.1 Å². The Morgan fingerprint density at radius 3 is 2.14 bits per heavy atom. The quantitative estimate of drug-likeness (QED) is 0.162. The lowest BCUT2D eigenvalue weighted by atomic mass is 9.70. The van der Waals surface area contributed by atoms with E-state index in [0.717, 1.165) is 24.0 Å². The third kappa shape index (κ3) is 6.63. The highest BCUT2D eigenvalue weighted by Gasteiger charge is 2.48. The van der Waals surface area contributed by atoms with Gasteiger partial charge in [0, 0.05) is 5.41 Å². The van der Waals surface area contributed by atoms with Crippen LogP contribution in [0.15, 0.2) is 78.4 Å². The SMILES string of the molecule is C[NH2+]C[C@H](O)[C@@H](O)[C@H](O)[C@H](O)CO.O=C([O-])c1ccc(C[C@]2(C3=Cc4ccccc4C3)Cc3ccccc3[C@H]2O)cc1. The highest BCUT2D eigenvalue weighted by atomic mass is 16.4. The number of hydrogen-bond donors (Lipinski definition) is 7. The van der Waals surface area contributed by atoms with E-state index in [2.05, 4.69) is 30.3 Å². The monoisotopic (exact) mass is 577 g/mol. The zero-order valence-corrected chi connectivity index (χ0v) is 23.5. The average molecular weight is 578 g/mol. The molecule has 42 heavy (non-hydrogen) atoms. The molecule has 0 spiro atoms. The first-order valence-corrected chi connectivity index (χ1v) is 14.1. The van der Waals surface area contributed by atoms with Crippen LogP contribution in [0.5, 0.6) is 0 Å². The maximum atomic E-state index is 11.5. The maximum Gasteiger partial charge on any atom is 0.131 e. The van der Waals surface area contributed by atoms with Crippen molar-refractivity contribution in [1.82, 2.24) is 0 Å². The molecule has 3 aromatic rings. The normalized spacial score (nSPS) is 21.7. The Kier molecular flexibility index (Phi) is 10.3. The molecule has 0 amide bonds. The molecule has 0 aliphatic heterocycles. The van der Waals surface area contributed by atoms with Crippen LogP contribution in [-0.4, -0.2) is 81.2 Å². The van der Waals surface area contributed by atoms with Crippen molar-refractivity contribution >= 4 is 12.0 Å². The Morgan fingerprint density at radius 2 is 1.55 bits per heavy atom. The number of benzene rings is 3. The summed E-state index contributed by atoms with van der Waals surface area (Å²) in [5.74, 6) is -1.17. The van der Waals surface area contributed by atoms with Gasteiger partial charge in [0.2, 0.25) is 0 Å². The summed E-state index contributed by atoms with van der Waals surface area (Å²) < 4.78 is 0. The van der Waals surface area contributed by atoms with Crippen LogP contribution in [-0.2, 0) is 19.3 Å². The van der Waals surface area contributed by atoms with Crippen molar-refractivity contribution in [1.29, 1.82) is 0 Å². The van der Waals surface area contributed by atoms with Crippen molar-refractivity contribution < 1.29 is 45.9 Å². The second-order valence-electron chi connectivity index (χ2n) is 11.1. The minimum absolute atomic E-state index is 0.172. The molecule has 2 aliphatic carbocycles. The second kappa shape index (κ2) is 13.7. The van der Waals surface area contributed by atoms with Gasteiger partial charge in [-0.05, 0) is 52.6 Å². The number of carboxylic acid groups (broad SMARTS) is 1. The fourth-order valence-electron chi connectivity index (χ4n) is 5.92. The summed E-state index contributed by atoms with van der Waals surface area (Å²) in [6.07, 6.45) is -1.64. The molecular formula is C33H39NO8. The van der Waals surface area contributed by atoms with Crippen LogP contribution in [0.25, 0.3) is 6.08 Å². The first-order chi connectivity index (χ1) is 20.1. The fraction of sp³-hybridized carbons (Fsp3) is 0.364. The van der Waals surface area contributed by atoms with Gasteiger partial charge in [-0.2, -0.15) is 0 Å². The van der Waals surface area contributed by atoms with Crippen LogP contribution in [0, 0.1) is 5.41 Å². The van der Waals surface area contributed by atoms with Crippen molar-refractivity contribution in [2.75, 3.05) is 20.2 Å². The number of carbonyl (C=O) groups excluding carboxylic acids is 1. The van der Waals surface area contributed by atoms with E-state index in [1.807, 2.05) is 36.4 Å². The highest BCUT2D eigenvalue weighted by molar-refractivity contribution is 5.85. The van der Waals surface area contributed by atoms with Crippen LogP contribution in [0.3, 0.4) is 0 Å². The van der Waals surface area contributed by atoms with E-state index in [0.29, 0.717) is 6.42 Å². The zero-order valence-electron chi connectivity index (χ0n) is 23.5. The van der Waals surface area contributed by atoms with E-state index in [9.17, 15) is 25.2 Å². The Hall–Kier alpha value is -3.41. The molecule has 0 aromatic heterocycles. The van der Waals surface area contributed by atoms with Gasteiger partial charge in [-0.25, -0.2) is 0 Å². The third-order valence-corrected chi connectivity index (χ3v) is 8.30. The Morgan fingerprint density at radius 1 is 0.929 bits per heavy atom. The van der Waals surface area contributed by atoms with Gasteiger partial charge < -0.3 is 45.9 Å². The van der Waals surface area contributed by atoms with E-state index in [1.54, 1.807) is 24.5 Å². The van der Waals surface area contributed by atoms with E-state index >= 15 is 0 Å². The molecule has 6 atom stereocenters. The number of aliphatic hydroxyl groups is 6. The molecule has 0 heterocycles. The Labute approximate surface area is 245 Å². The molecule has 9 nitrogen and oxygen atoms in total. The Bertz CT molecular complexity index is 1390. The lowest BCUT2D eigenvalue weighted by Crippen LogP contribution is -2.83. The summed E-state index contributed by atoms with van der Waals surface area (Å²) in [7, 11) is 1.70. The van der Waals surface area contributed by atoms with Crippen LogP contribution in [0.2, 0.25) is 0 Å². The molecule has 5 rings (SSSR count). The number of likely N-dealkylation sites (N-methyl/N-ethyl adjacent to an activating group) is 1. The van der Waals surface area contributed by atoms with Crippen LogP contribution in [0.1, 0.15) is 44.3 Å². The van der Waals surface area contributed by atoms with Crippen molar-refractivity contribution in [3.8, 4) is 0 Å². The number of carbonyl (C=O) groups is 1. The van der Waals surface area contributed by atoms with Crippen molar-refractivity contribution in [2.24, 2.45) is 5.41 Å². The first-order valence-electron chi connectivity index (χ1n) is 14.1. The number of nitrogens with two attached hydrogens (primary N) is 1. The number of quaternary nitrogens is 1. The van der Waals surface area contributed by atoms with Gasteiger partial charge in [-0.3, -0.25) is 0 Å². The summed E-state index contributed by atoms with van der Waals surface area (Å²) in [4.78, 5) is 11.1. The van der Waals surface area contributed by atoms with Gasteiger partial charge in [0.05, 0.1) is 25.7 Å². The van der Waals surface area contributed by atoms with E-state index < -0.39 is 48.5 Å². The van der Waals surface area contributed by atoms with Crippen LogP contribution < -0.4 is 10.4 Å². The van der Waals surface area contributed by atoms with Crippen molar-refractivity contribution in [3.05, 3.63) is 112 Å². The minimum atomic E-state index is -1.53. The third-order valence-electron chi connectivity index (χ3n) is 8.30. The molecule has 0 unspecified atom stereocenters. The highest BCUT2D eigenvalue weighted by Crippen LogP contribution is 2.54. The topological polar surface area (TPSA) is 178 Å². The minimum Gasteiger partial charge on any atom is -0.545 e. The summed E-state index contributed by atoms with van der Waals surface area (Å²) in [6.45, 7) is -0.433. The molecule has 0 saturated heterocycles. The lowest BCUT2D eigenvalue weighted by Gasteiger charge is -2.35. The molecule has 224 valence electrons. The van der Waals surface area contributed by atoms with Gasteiger partial charge in [0.1, 0.15) is 31.0 Å². The van der Waals surface area contributed by atoms with Gasteiger partial charge in [0.15, 0.2) is 0 Å². The molecule has 3 aromatic carbocycles. The summed E-state index contributed by atoms with van der Waals surface area (Å²) in [5, 5.41) is 69.2. The predicted molar refractivity (Wildman–Crippen MR) is 154 cm³/mol. The Balaban J connectivity index is 0.000000266. The van der Waals surface area contributed by atoms with Crippen LogP contribution >= 0.6 is 0 Å². The number of hydrogen-bond acceptors (Lipinski definition) is 8. The van der Waals surface area contributed by atoms with E-state index in [4.69, 9.17) is 15.3 Å². The molecule has 9 heteroatoms. The standard InChI is InChI=1S/C26H22O3.C7H17NO5/c27-24-23-8-4-3-7-21(23)16-26(24,15-17-9-11-18(12-10-17)25(28)29)22-13-19-5-1-2-6-20(19)14-22;1-8-2-4(10)6(12)7(13)5(11)3-9/h1-13,24,27H,14-16H2,(H,28,29);4-13H,2-3H2,1H3/t24-,26-;4-,5+,6+,7+/m10/s1. The molecule has 0 radical (unpaired) electrons. The first kappa shape index (κ1) is 31.5. The van der Waals surface area contributed by atoms with Crippen molar-refractivity contribution in [3.63, 3.8) is 0 Å². The van der Waals surface area contributed by atoms with E-state index in [1.165, 1.54) is 22.3 Å². The lowest BCUT2D eigenvalue weighted by molar-refractivity contribution is -0.635. The average Bonchev–Trinajstić information content (AvgIpc) is 3.56. The van der Waals surface area contributed by atoms with Crippen LogP contribution in [0.4, 0.5) is 0 Å². The largest absolute Gasteiger partial charge is 0.545 e. The number of carboxylic acids is 1. The van der Waals surface area contributed by atoms with Crippen molar-refractivity contribution in [2.45, 2.75) is 49.8 Å². The molecule has 0 bridgehead atoms. The summed E-state index contributed by atoms with van der Waals surface area (Å²) >= 11 is 0. The van der Waals surface area contributed by atoms with Gasteiger partial charge in [-0.1, -0.05) is 84.4 Å². The maximum absolute atomic E-state index is 11.5. The number of aliphatic hydroxyl groups excluding tert-OH is 6. The fourth-order valence-corrected chi connectivity index (χ4v) is 5.92. The number of fused-ring (bicyclic) bond motifs is 2. The smallest absolute Gasteiger partial charge is 0.131 e. The second-order valence-corrected chi connectivity index (χ2v) is 11.1. The molecule has 8 N–H and O–H groups in total. The van der Waals surface area contributed by atoms with Gasteiger partial charge in [-0.15, -0.1) is 0 Å². The zero-order chi connectivity index (χ0) is 30.4. The molecule has 0 fully saturated rings. The van der Waals surface area contributed by atoms with Gasteiger partial charge >= 0.3 is 0 Å². The molecule has 2 aliphatic rings. The molecule has 0 saturated carbocycles.